The third kappa shape index (κ3) is 7.44. The lowest BCUT2D eigenvalue weighted by Gasteiger charge is -2.36. The molecule has 0 saturated heterocycles. The van der Waals surface area contributed by atoms with Crippen molar-refractivity contribution in [2.24, 2.45) is 16.8 Å². The largest absolute Gasteiger partial charge is 0.381 e. The molecule has 5 heteroatoms. The van der Waals surface area contributed by atoms with Gasteiger partial charge < -0.3 is 5.32 Å². The number of thioether (sulfide) groups is 1. The summed E-state index contributed by atoms with van der Waals surface area (Å²) >= 11 is 1.74. The molecule has 29 heavy (non-hydrogen) atoms. The molecule has 2 fully saturated rings. The Hall–Kier alpha value is -1.36. The highest BCUT2D eigenvalue weighted by atomic mass is 32.2. The van der Waals surface area contributed by atoms with Crippen LogP contribution in [0.2, 0.25) is 0 Å². The Morgan fingerprint density at radius 3 is 2.17 bits per heavy atom. The molecular formula is C24H42N4S. The van der Waals surface area contributed by atoms with Crippen molar-refractivity contribution in [1.29, 1.82) is 0 Å². The van der Waals surface area contributed by atoms with Gasteiger partial charge in [0.25, 0.3) is 0 Å². The first kappa shape index (κ1) is 23.9. The van der Waals surface area contributed by atoms with E-state index in [2.05, 4.69) is 40.9 Å². The molecule has 2 aliphatic carbocycles. The van der Waals surface area contributed by atoms with E-state index >= 15 is 0 Å². The van der Waals surface area contributed by atoms with Gasteiger partial charge in [-0.1, -0.05) is 83.9 Å². The van der Waals surface area contributed by atoms with E-state index in [1.54, 1.807) is 11.8 Å². The Morgan fingerprint density at radius 2 is 1.59 bits per heavy atom. The molecule has 0 aromatic rings. The van der Waals surface area contributed by atoms with E-state index in [1.807, 2.05) is 13.8 Å². The quantitative estimate of drug-likeness (QED) is 0.339. The second kappa shape index (κ2) is 13.0. The highest BCUT2D eigenvalue weighted by Crippen LogP contribution is 2.33. The van der Waals surface area contributed by atoms with E-state index in [9.17, 15) is 0 Å². The van der Waals surface area contributed by atoms with Crippen molar-refractivity contribution < 1.29 is 0 Å². The van der Waals surface area contributed by atoms with Crippen LogP contribution in [0.5, 0.6) is 0 Å². The maximum Gasteiger partial charge on any atom is 0.175 e. The molecule has 0 bridgehead atoms. The number of hydrazine groups is 1. The van der Waals surface area contributed by atoms with Crippen LogP contribution in [-0.4, -0.2) is 23.5 Å². The summed E-state index contributed by atoms with van der Waals surface area (Å²) in [6, 6.07) is 0.222. The van der Waals surface area contributed by atoms with Crippen molar-refractivity contribution in [2.75, 3.05) is 12.3 Å². The standard InChI is InChI=1S/C22H36N4S.C2H6/c1-16(17(2)25-26-22-23-14-15-27-22)21(20-12-8-5-9-13-20)24-18(3)19-10-6-4-7-11-19;1-2/h19-21,24-25H,1-15H2,(H,23,26);1-2H3. The van der Waals surface area contributed by atoms with Gasteiger partial charge in [-0.3, -0.25) is 15.8 Å². The molecule has 3 rings (SSSR count). The van der Waals surface area contributed by atoms with E-state index in [0.717, 1.165) is 28.7 Å². The highest BCUT2D eigenvalue weighted by Gasteiger charge is 2.29. The van der Waals surface area contributed by atoms with Gasteiger partial charge in [0.05, 0.1) is 18.3 Å². The monoisotopic (exact) mass is 418 g/mol. The molecule has 164 valence electrons. The third-order valence-corrected chi connectivity index (χ3v) is 7.12. The molecule has 1 unspecified atom stereocenters. The lowest BCUT2D eigenvalue weighted by atomic mass is 9.79. The second-order valence-electron chi connectivity index (χ2n) is 8.17. The number of aliphatic imine (C=N–C) groups is 1. The van der Waals surface area contributed by atoms with E-state index < -0.39 is 0 Å². The third-order valence-electron chi connectivity index (χ3n) is 6.23. The molecule has 3 aliphatic rings. The maximum atomic E-state index is 4.42. The Labute approximate surface area is 183 Å². The zero-order chi connectivity index (χ0) is 21.1. The predicted octanol–water partition coefficient (Wildman–Crippen LogP) is 5.91. The van der Waals surface area contributed by atoms with Gasteiger partial charge in [-0.2, -0.15) is 0 Å². The minimum absolute atomic E-state index is 0.222. The van der Waals surface area contributed by atoms with Crippen molar-refractivity contribution in [3.63, 3.8) is 0 Å². The van der Waals surface area contributed by atoms with Crippen LogP contribution in [-0.2, 0) is 0 Å². The molecular weight excluding hydrogens is 376 g/mol. The van der Waals surface area contributed by atoms with Crippen molar-refractivity contribution in [3.05, 3.63) is 36.7 Å². The Kier molecular flexibility index (Phi) is 10.8. The van der Waals surface area contributed by atoms with E-state index in [-0.39, 0.29) is 6.04 Å². The fraction of sp³-hybridized carbons (Fsp3) is 0.708. The van der Waals surface area contributed by atoms with Crippen LogP contribution in [0.15, 0.2) is 41.7 Å². The molecule has 0 spiro atoms. The van der Waals surface area contributed by atoms with Gasteiger partial charge >= 0.3 is 0 Å². The van der Waals surface area contributed by atoms with Crippen molar-refractivity contribution in [2.45, 2.75) is 84.1 Å². The van der Waals surface area contributed by atoms with Gasteiger partial charge in [-0.25, -0.2) is 0 Å². The summed E-state index contributed by atoms with van der Waals surface area (Å²) < 4.78 is 0. The summed E-state index contributed by atoms with van der Waals surface area (Å²) in [4.78, 5) is 4.42. The first-order valence-corrected chi connectivity index (χ1v) is 12.7. The topological polar surface area (TPSA) is 48.5 Å². The predicted molar refractivity (Wildman–Crippen MR) is 130 cm³/mol. The van der Waals surface area contributed by atoms with Gasteiger partial charge in [0, 0.05) is 11.4 Å². The number of rotatable bonds is 8. The molecule has 1 aliphatic heterocycles. The minimum Gasteiger partial charge on any atom is -0.381 e. The van der Waals surface area contributed by atoms with E-state index in [0.29, 0.717) is 11.8 Å². The lowest BCUT2D eigenvalue weighted by Crippen LogP contribution is -2.43. The molecule has 0 radical (unpaired) electrons. The molecule has 3 N–H and O–H groups in total. The van der Waals surface area contributed by atoms with Gasteiger partial charge in [-0.15, -0.1) is 0 Å². The van der Waals surface area contributed by atoms with Crippen LogP contribution >= 0.6 is 11.8 Å². The summed E-state index contributed by atoms with van der Waals surface area (Å²) in [6.45, 7) is 18.0. The van der Waals surface area contributed by atoms with E-state index in [4.69, 9.17) is 0 Å². The summed E-state index contributed by atoms with van der Waals surface area (Å²) in [7, 11) is 0. The van der Waals surface area contributed by atoms with Gasteiger partial charge in [0.2, 0.25) is 0 Å². The number of amidine groups is 1. The van der Waals surface area contributed by atoms with Gasteiger partial charge in [0.1, 0.15) is 0 Å². The van der Waals surface area contributed by atoms with Gasteiger partial charge in [-0.05, 0) is 43.1 Å². The number of hydrogen-bond acceptors (Lipinski definition) is 5. The normalized spacial score (nSPS) is 21.2. The van der Waals surface area contributed by atoms with Crippen molar-refractivity contribution in [3.8, 4) is 0 Å². The van der Waals surface area contributed by atoms with Gasteiger partial charge in [0.15, 0.2) is 5.17 Å². The van der Waals surface area contributed by atoms with Crippen LogP contribution in [0, 0.1) is 11.8 Å². The average Bonchev–Trinajstić information content (AvgIpc) is 3.31. The number of allylic oxidation sites excluding steroid dienone is 1. The second-order valence-corrected chi connectivity index (χ2v) is 9.25. The zero-order valence-electron chi connectivity index (χ0n) is 18.7. The van der Waals surface area contributed by atoms with E-state index in [1.165, 1.54) is 69.9 Å². The number of hydrogen-bond donors (Lipinski definition) is 3. The summed E-state index contributed by atoms with van der Waals surface area (Å²) in [6.07, 6.45) is 13.1. The Morgan fingerprint density at radius 1 is 0.966 bits per heavy atom. The summed E-state index contributed by atoms with van der Waals surface area (Å²) in [5.41, 5.74) is 9.53. The first-order valence-electron chi connectivity index (χ1n) is 11.7. The highest BCUT2D eigenvalue weighted by molar-refractivity contribution is 8.14. The molecule has 2 saturated carbocycles. The van der Waals surface area contributed by atoms with Crippen molar-refractivity contribution in [1.82, 2.24) is 16.2 Å². The SMILES string of the molecule is C=C(NNC1=NCCS1)C(=C)C(NC(=C)C1CCCCC1)C1CCCCC1.CC. The smallest absolute Gasteiger partial charge is 0.175 e. The molecule has 1 heterocycles. The van der Waals surface area contributed by atoms with Crippen molar-refractivity contribution >= 4 is 16.9 Å². The molecule has 0 aromatic heterocycles. The summed E-state index contributed by atoms with van der Waals surface area (Å²) in [5.74, 6) is 2.27. The van der Waals surface area contributed by atoms with Crippen LogP contribution in [0.3, 0.4) is 0 Å². The Balaban J connectivity index is 0.00000145. The van der Waals surface area contributed by atoms with Crippen LogP contribution in [0.25, 0.3) is 0 Å². The summed E-state index contributed by atoms with van der Waals surface area (Å²) in [5, 5.41) is 4.75. The molecule has 0 amide bonds. The maximum absolute atomic E-state index is 4.42. The fourth-order valence-electron chi connectivity index (χ4n) is 4.53. The minimum atomic E-state index is 0.222. The van der Waals surface area contributed by atoms with Crippen LogP contribution < -0.4 is 16.2 Å². The fourth-order valence-corrected chi connectivity index (χ4v) is 5.21. The zero-order valence-corrected chi connectivity index (χ0v) is 19.5. The number of nitrogens with zero attached hydrogens (tertiary/aromatic N) is 1. The number of nitrogens with one attached hydrogen (secondary N) is 3. The van der Waals surface area contributed by atoms with Crippen LogP contribution in [0.1, 0.15) is 78.1 Å². The van der Waals surface area contributed by atoms with Crippen LogP contribution in [0.4, 0.5) is 0 Å². The molecule has 1 atom stereocenters. The molecule has 4 nitrogen and oxygen atoms in total. The molecule has 0 aromatic carbocycles. The lowest BCUT2D eigenvalue weighted by molar-refractivity contribution is 0.290. The first-order chi connectivity index (χ1) is 14.1. The Bertz CT molecular complexity index is 571. The average molecular weight is 419 g/mol.